The van der Waals surface area contributed by atoms with Crippen molar-refractivity contribution in [2.75, 3.05) is 0 Å². The summed E-state index contributed by atoms with van der Waals surface area (Å²) in [6.07, 6.45) is 0. The van der Waals surface area contributed by atoms with E-state index in [-0.39, 0.29) is 54.2 Å². The zero-order valence-corrected chi connectivity index (χ0v) is 11.8. The summed E-state index contributed by atoms with van der Waals surface area (Å²) in [6, 6.07) is 1.51. The Kier molecular flexibility index (Phi) is 4.06. The maximum atomic E-state index is 10.1. The van der Waals surface area contributed by atoms with Crippen molar-refractivity contribution in [3.63, 3.8) is 0 Å². The van der Waals surface area contributed by atoms with Crippen LogP contribution in [-0.4, -0.2) is 42.5 Å². The van der Waals surface area contributed by atoms with Gasteiger partial charge in [-0.3, -0.25) is 4.98 Å². The number of aromatic nitrogens is 2. The van der Waals surface area contributed by atoms with Gasteiger partial charge >= 0.3 is 44.0 Å². The van der Waals surface area contributed by atoms with Gasteiger partial charge in [-0.05, 0) is 6.92 Å². The number of rotatable bonds is 4. The summed E-state index contributed by atoms with van der Waals surface area (Å²) in [5, 5.41) is 0. The van der Waals surface area contributed by atoms with Crippen LogP contribution in [0.15, 0.2) is 11.1 Å². The molecule has 0 N–H and O–H groups in total. The molecular formula is C8H5B2N3NaO4. The third-order valence-corrected chi connectivity index (χ3v) is 2.20. The molecule has 1 atom stereocenters. The Labute approximate surface area is 126 Å². The Morgan fingerprint density at radius 2 is 2.39 bits per heavy atom. The number of aryl methyl sites for hydroxylation is 1. The van der Waals surface area contributed by atoms with Crippen LogP contribution in [0.1, 0.15) is 5.69 Å². The zero-order valence-electron chi connectivity index (χ0n) is 9.78. The van der Waals surface area contributed by atoms with Gasteiger partial charge in [0.05, 0.1) is 11.8 Å². The van der Waals surface area contributed by atoms with Crippen LogP contribution in [0.25, 0.3) is 0 Å². The minimum atomic E-state index is -0.124. The summed E-state index contributed by atoms with van der Waals surface area (Å²) >= 11 is 0. The molecule has 1 aromatic heterocycles. The Balaban J connectivity index is 0.00000120. The molecule has 0 amide bonds. The van der Waals surface area contributed by atoms with Gasteiger partial charge in [0.15, 0.2) is 12.3 Å². The maximum Gasteiger partial charge on any atom is 1.00 e. The van der Waals surface area contributed by atoms with Gasteiger partial charge in [-0.2, -0.15) is 4.99 Å². The van der Waals surface area contributed by atoms with Crippen molar-refractivity contribution < 1.29 is 48.4 Å². The number of ether oxygens (including phenoxy) is 1. The van der Waals surface area contributed by atoms with Crippen LogP contribution in [0.5, 0.6) is 5.88 Å². The molecule has 3 heterocycles. The van der Waals surface area contributed by atoms with Gasteiger partial charge in [0.2, 0.25) is 5.95 Å². The normalized spacial score (nSPS) is 21.5. The molecule has 1 aromatic rings. The predicted molar refractivity (Wildman–Crippen MR) is 57.7 cm³/mol. The molecule has 10 heteroatoms. The molecule has 0 spiro atoms. The fourth-order valence-corrected chi connectivity index (χ4v) is 1.35. The van der Waals surface area contributed by atoms with Crippen LogP contribution in [-0.2, 0) is 14.1 Å². The number of carbonyl (C=O) groups excluding carboxylic acids is 1. The van der Waals surface area contributed by atoms with E-state index in [0.29, 0.717) is 11.5 Å². The van der Waals surface area contributed by atoms with E-state index in [2.05, 4.69) is 19.7 Å². The molecule has 1 radical (unpaired) electrons. The van der Waals surface area contributed by atoms with Gasteiger partial charge in [-0.25, -0.2) is 4.98 Å². The van der Waals surface area contributed by atoms with Gasteiger partial charge < -0.3 is 18.8 Å². The molecule has 7 nitrogen and oxygen atoms in total. The molecule has 2 saturated heterocycles. The monoisotopic (exact) mass is 252 g/mol. The van der Waals surface area contributed by atoms with Crippen molar-refractivity contribution in [3.8, 4) is 5.88 Å². The second-order valence-electron chi connectivity index (χ2n) is 3.56. The molecule has 2 aliphatic rings. The van der Waals surface area contributed by atoms with E-state index in [1.165, 1.54) is 12.5 Å². The molecule has 0 bridgehead atoms. The summed E-state index contributed by atoms with van der Waals surface area (Å²) in [4.78, 5) is 22.1. The van der Waals surface area contributed by atoms with Crippen LogP contribution in [0.3, 0.4) is 0 Å². The molecule has 0 saturated carbocycles. The van der Waals surface area contributed by atoms with Crippen LogP contribution in [0, 0.1) is 6.92 Å². The Morgan fingerprint density at radius 3 is 3.06 bits per heavy atom. The summed E-state index contributed by atoms with van der Waals surface area (Å²) in [7, 11) is 1.67. The second-order valence-corrected chi connectivity index (χ2v) is 3.56. The maximum absolute atomic E-state index is 10.1. The standard InChI is InChI=1S/C8H5B2N3O4.Na/c1-4-2-5(15-3-14)12-8(11-4)13-7-10(17-7)6-9-16-6;/h2,6H,1H3;/q-1;+1/b13-7+;. The molecule has 18 heavy (non-hydrogen) atoms. The van der Waals surface area contributed by atoms with Crippen LogP contribution < -0.4 is 34.3 Å². The van der Waals surface area contributed by atoms with E-state index in [1.54, 1.807) is 14.4 Å². The molecule has 0 aromatic carbocycles. The first kappa shape index (κ1) is 13.5. The van der Waals surface area contributed by atoms with Crippen molar-refractivity contribution in [1.82, 2.24) is 9.97 Å². The van der Waals surface area contributed by atoms with Crippen LogP contribution in [0.4, 0.5) is 5.95 Å². The van der Waals surface area contributed by atoms with Gasteiger partial charge in [0.25, 0.3) is 0 Å². The largest absolute Gasteiger partial charge is 1.00 e. The van der Waals surface area contributed by atoms with Gasteiger partial charge in [0.1, 0.15) is 0 Å². The van der Waals surface area contributed by atoms with Gasteiger partial charge in [0, 0.05) is 5.69 Å². The minimum absolute atomic E-state index is 0. The van der Waals surface area contributed by atoms with E-state index in [9.17, 15) is 4.79 Å². The van der Waals surface area contributed by atoms with Gasteiger partial charge in [-0.1, -0.05) is 6.07 Å². The molecule has 0 aliphatic carbocycles. The first-order valence-corrected chi connectivity index (χ1v) is 4.90. The van der Waals surface area contributed by atoms with E-state index in [4.69, 9.17) is 9.31 Å². The molecule has 3 rings (SSSR count). The third-order valence-electron chi connectivity index (χ3n) is 2.20. The third kappa shape index (κ3) is 3.11. The molecule has 1 unspecified atom stereocenters. The average molecular weight is 252 g/mol. The Hall–Kier alpha value is -0.890. The topological polar surface area (TPSA) is 89.5 Å². The predicted octanol–water partition coefficient (Wildman–Crippen LogP) is -3.66. The van der Waals surface area contributed by atoms with Crippen LogP contribution in [0.2, 0.25) is 0 Å². The van der Waals surface area contributed by atoms with Crippen molar-refractivity contribution >= 4 is 32.6 Å². The number of hydrogen-bond donors (Lipinski definition) is 0. The summed E-state index contributed by atoms with van der Waals surface area (Å²) in [5.74, 6) is 0.819. The Bertz CT molecular complexity index is 511. The first-order valence-electron chi connectivity index (χ1n) is 4.90. The summed E-state index contributed by atoms with van der Waals surface area (Å²) in [6.45, 7) is 2.92. The van der Waals surface area contributed by atoms with E-state index < -0.39 is 0 Å². The molecule has 2 fully saturated rings. The van der Waals surface area contributed by atoms with E-state index >= 15 is 0 Å². The van der Waals surface area contributed by atoms with Gasteiger partial charge in [-0.15, -0.1) is 0 Å². The average Bonchev–Trinajstić information content (AvgIpc) is 3.10. The SMILES string of the molecule is Cc1cc(O[C-]=O)nc(/N=C2/OB2C2[B]O2)n1.[Na+]. The number of aliphatic imine (C=N–C) groups is 1. The fourth-order valence-electron chi connectivity index (χ4n) is 1.35. The minimum Gasteiger partial charge on any atom is -0.596 e. The number of hydrogen-bond acceptors (Lipinski definition) is 7. The Morgan fingerprint density at radius 1 is 1.61 bits per heavy atom. The smallest absolute Gasteiger partial charge is 0.596 e. The molecule has 83 valence electrons. The first-order chi connectivity index (χ1) is 8.26. The van der Waals surface area contributed by atoms with Crippen molar-refractivity contribution in [2.45, 2.75) is 12.8 Å². The van der Waals surface area contributed by atoms with Crippen molar-refractivity contribution in [1.29, 1.82) is 0 Å². The van der Waals surface area contributed by atoms with E-state index in [1.807, 2.05) is 0 Å². The van der Waals surface area contributed by atoms with Crippen LogP contribution >= 0.6 is 0 Å². The fraction of sp³-hybridized carbons (Fsp3) is 0.250. The van der Waals surface area contributed by atoms with E-state index in [0.717, 1.165) is 0 Å². The van der Waals surface area contributed by atoms with Crippen molar-refractivity contribution in [2.24, 2.45) is 4.99 Å². The molecule has 2 aliphatic heterocycles. The molecular weight excluding hydrogens is 247 g/mol. The van der Waals surface area contributed by atoms with Crippen molar-refractivity contribution in [3.05, 3.63) is 11.8 Å². The second kappa shape index (κ2) is 5.40. The number of nitrogens with zero attached hydrogens (tertiary/aromatic N) is 3. The zero-order chi connectivity index (χ0) is 11.8. The summed E-state index contributed by atoms with van der Waals surface area (Å²) < 4.78 is 14.6. The summed E-state index contributed by atoms with van der Waals surface area (Å²) in [5.41, 5.74) is 0.635. The quantitative estimate of drug-likeness (QED) is 0.311.